The monoisotopic (exact) mass is 437 g/mol. The molecule has 4 rings (SSSR count). The number of nitrogens with zero attached hydrogens (tertiary/aromatic N) is 3. The molecule has 32 heavy (non-hydrogen) atoms. The first-order valence-electron chi connectivity index (χ1n) is 10.1. The van der Waals surface area contributed by atoms with Crippen LogP contribution in [0.25, 0.3) is 11.0 Å². The lowest BCUT2D eigenvalue weighted by atomic mass is 10.0. The average Bonchev–Trinajstić information content (AvgIpc) is 3.06. The molecule has 1 aromatic heterocycles. The minimum absolute atomic E-state index is 0.115. The summed E-state index contributed by atoms with van der Waals surface area (Å²) in [7, 11) is 4.43. The maximum absolute atomic E-state index is 13.3. The second-order valence-corrected chi connectivity index (χ2v) is 7.63. The minimum atomic E-state index is -0.814. The maximum Gasteiger partial charge on any atom is 0.337 e. The van der Waals surface area contributed by atoms with Gasteiger partial charge in [-0.15, -0.1) is 0 Å². The van der Waals surface area contributed by atoms with Crippen molar-refractivity contribution in [3.05, 3.63) is 64.1 Å². The lowest BCUT2D eigenvalue weighted by Crippen LogP contribution is -2.47. The normalized spacial score (nSPS) is 16.5. The third kappa shape index (κ3) is 3.55. The number of methoxy groups -OCH3 is 2. The maximum atomic E-state index is 13.3. The van der Waals surface area contributed by atoms with Crippen LogP contribution in [-0.4, -0.2) is 46.0 Å². The average molecular weight is 437 g/mol. The van der Waals surface area contributed by atoms with E-state index >= 15 is 0 Å². The van der Waals surface area contributed by atoms with Gasteiger partial charge >= 0.3 is 11.7 Å². The van der Waals surface area contributed by atoms with E-state index in [9.17, 15) is 19.2 Å². The number of piperidine rings is 1. The first-order chi connectivity index (χ1) is 15.3. The summed E-state index contributed by atoms with van der Waals surface area (Å²) in [5.41, 5.74) is 1.71. The summed E-state index contributed by atoms with van der Waals surface area (Å²) in [6, 6.07) is 11.0. The highest BCUT2D eigenvalue weighted by molar-refractivity contribution is 6.00. The number of fused-ring (bicyclic) bond motifs is 1. The van der Waals surface area contributed by atoms with E-state index in [4.69, 9.17) is 9.47 Å². The van der Waals surface area contributed by atoms with Crippen molar-refractivity contribution < 1.29 is 23.9 Å². The van der Waals surface area contributed by atoms with Gasteiger partial charge in [0, 0.05) is 13.5 Å². The molecule has 0 radical (unpaired) electrons. The fraction of sp³-hybridized carbons (Fsp3) is 0.304. The van der Waals surface area contributed by atoms with E-state index in [1.165, 1.54) is 21.1 Å². The predicted molar refractivity (Wildman–Crippen MR) is 115 cm³/mol. The van der Waals surface area contributed by atoms with Gasteiger partial charge in [-0.25, -0.2) is 9.59 Å². The molecule has 0 bridgehead atoms. The number of aryl methyl sites for hydroxylation is 1. The molecule has 0 saturated carbocycles. The number of carbonyl (C=O) groups is 3. The fourth-order valence-electron chi connectivity index (χ4n) is 4.05. The summed E-state index contributed by atoms with van der Waals surface area (Å²) >= 11 is 0. The van der Waals surface area contributed by atoms with Gasteiger partial charge in [-0.05, 0) is 42.3 Å². The number of aromatic nitrogens is 2. The highest BCUT2D eigenvalue weighted by Crippen LogP contribution is 2.28. The van der Waals surface area contributed by atoms with Crippen LogP contribution < -0.4 is 10.4 Å². The van der Waals surface area contributed by atoms with Crippen LogP contribution in [0.5, 0.6) is 5.75 Å². The molecule has 9 nitrogen and oxygen atoms in total. The zero-order valence-corrected chi connectivity index (χ0v) is 18.0. The number of benzene rings is 2. The molecule has 2 heterocycles. The van der Waals surface area contributed by atoms with E-state index in [0.717, 1.165) is 5.56 Å². The lowest BCUT2D eigenvalue weighted by molar-refractivity contribution is -0.151. The summed E-state index contributed by atoms with van der Waals surface area (Å²) in [5, 5.41) is 0. The zero-order chi connectivity index (χ0) is 23.0. The van der Waals surface area contributed by atoms with E-state index in [2.05, 4.69) is 0 Å². The van der Waals surface area contributed by atoms with Gasteiger partial charge < -0.3 is 9.47 Å². The van der Waals surface area contributed by atoms with Crippen molar-refractivity contribution in [1.82, 2.24) is 14.0 Å². The van der Waals surface area contributed by atoms with Gasteiger partial charge in [-0.2, -0.15) is 0 Å². The second kappa shape index (κ2) is 8.33. The van der Waals surface area contributed by atoms with E-state index in [0.29, 0.717) is 22.3 Å². The summed E-state index contributed by atoms with van der Waals surface area (Å²) < 4.78 is 12.7. The molecule has 1 saturated heterocycles. The fourth-order valence-corrected chi connectivity index (χ4v) is 4.05. The summed E-state index contributed by atoms with van der Waals surface area (Å²) in [4.78, 5) is 52.0. The van der Waals surface area contributed by atoms with E-state index in [1.807, 2.05) is 0 Å². The Balaban J connectivity index is 1.70. The number of ether oxygens (including phenoxy) is 2. The Morgan fingerprint density at radius 3 is 2.41 bits per heavy atom. The molecule has 0 N–H and O–H groups in total. The second-order valence-electron chi connectivity index (χ2n) is 7.63. The molecule has 0 aliphatic carbocycles. The Morgan fingerprint density at radius 1 is 1.03 bits per heavy atom. The third-order valence-corrected chi connectivity index (χ3v) is 5.81. The number of imidazole rings is 1. The molecule has 1 atom stereocenters. The van der Waals surface area contributed by atoms with Crippen molar-refractivity contribution in [2.24, 2.45) is 7.05 Å². The third-order valence-electron chi connectivity index (χ3n) is 5.81. The van der Waals surface area contributed by atoms with Crippen LogP contribution in [0.4, 0.5) is 0 Å². The van der Waals surface area contributed by atoms with Crippen LogP contribution in [0.2, 0.25) is 0 Å². The Hall–Kier alpha value is -3.88. The number of likely N-dealkylation sites (tertiary alicyclic amines) is 1. The Labute approximate surface area is 183 Å². The SMILES string of the molecule is COC(=O)c1ccc2c(c1)n(C)c(=O)n2C1CCC(=O)N(Cc2ccc(OC)cc2)C1=O. The molecule has 1 fully saturated rings. The molecule has 2 aromatic carbocycles. The Bertz CT molecular complexity index is 1270. The molecule has 3 aromatic rings. The minimum Gasteiger partial charge on any atom is -0.497 e. The topological polar surface area (TPSA) is 99.8 Å². The number of rotatable bonds is 5. The van der Waals surface area contributed by atoms with E-state index in [-0.39, 0.29) is 31.0 Å². The zero-order valence-electron chi connectivity index (χ0n) is 18.0. The molecule has 1 unspecified atom stereocenters. The van der Waals surface area contributed by atoms with Crippen molar-refractivity contribution in [3.8, 4) is 5.75 Å². The van der Waals surface area contributed by atoms with Gasteiger partial charge in [0.05, 0.1) is 37.4 Å². The molecule has 9 heteroatoms. The number of imide groups is 1. The molecule has 1 aliphatic heterocycles. The van der Waals surface area contributed by atoms with Gasteiger partial charge in [-0.1, -0.05) is 12.1 Å². The Kier molecular flexibility index (Phi) is 5.56. The molecule has 1 aliphatic rings. The number of carbonyl (C=O) groups excluding carboxylic acids is 3. The van der Waals surface area contributed by atoms with Gasteiger partial charge in [0.2, 0.25) is 5.91 Å². The number of amides is 2. The number of hydrogen-bond donors (Lipinski definition) is 0. The van der Waals surface area contributed by atoms with Crippen LogP contribution in [0.1, 0.15) is 34.8 Å². The summed E-state index contributed by atoms with van der Waals surface area (Å²) in [5.74, 6) is -0.541. The molecule has 166 valence electrons. The largest absolute Gasteiger partial charge is 0.497 e. The molecule has 2 amide bonds. The van der Waals surface area contributed by atoms with Crippen molar-refractivity contribution >= 4 is 28.8 Å². The van der Waals surface area contributed by atoms with Crippen LogP contribution in [0, 0.1) is 0 Å². The van der Waals surface area contributed by atoms with Gasteiger partial charge in [0.25, 0.3) is 5.91 Å². The summed E-state index contributed by atoms with van der Waals surface area (Å²) in [6.07, 6.45) is 0.379. The quantitative estimate of drug-likeness (QED) is 0.447. The molecular weight excluding hydrogens is 414 g/mol. The smallest absolute Gasteiger partial charge is 0.337 e. The predicted octanol–water partition coefficient (Wildman–Crippen LogP) is 2.03. The standard InChI is InChI=1S/C23H23N3O6/c1-24-19-12-15(22(29)32-3)6-9-17(19)26(23(24)30)18-10-11-20(27)25(21(18)28)13-14-4-7-16(31-2)8-5-14/h4-9,12,18H,10-11,13H2,1-3H3. The van der Waals surface area contributed by atoms with Gasteiger partial charge in [0.1, 0.15) is 11.8 Å². The van der Waals surface area contributed by atoms with Gasteiger partial charge in [0.15, 0.2) is 0 Å². The van der Waals surface area contributed by atoms with Crippen molar-refractivity contribution in [2.45, 2.75) is 25.4 Å². The van der Waals surface area contributed by atoms with E-state index < -0.39 is 17.9 Å². The molecule has 0 spiro atoms. The van der Waals surface area contributed by atoms with Crippen molar-refractivity contribution in [2.75, 3.05) is 14.2 Å². The van der Waals surface area contributed by atoms with Crippen LogP contribution in [0.15, 0.2) is 47.3 Å². The van der Waals surface area contributed by atoms with Gasteiger partial charge in [-0.3, -0.25) is 23.6 Å². The highest BCUT2D eigenvalue weighted by Gasteiger charge is 2.37. The van der Waals surface area contributed by atoms with Crippen molar-refractivity contribution in [1.29, 1.82) is 0 Å². The number of esters is 1. The first kappa shape index (κ1) is 21.4. The summed E-state index contributed by atoms with van der Waals surface area (Å²) in [6.45, 7) is 0.115. The van der Waals surface area contributed by atoms with Crippen LogP contribution in [-0.2, 0) is 27.9 Å². The number of hydrogen-bond acceptors (Lipinski definition) is 6. The molecular formula is C23H23N3O6. The first-order valence-corrected chi connectivity index (χ1v) is 10.1. The Morgan fingerprint density at radius 2 is 1.75 bits per heavy atom. The van der Waals surface area contributed by atoms with Crippen LogP contribution >= 0.6 is 0 Å². The van der Waals surface area contributed by atoms with Crippen LogP contribution in [0.3, 0.4) is 0 Å². The van der Waals surface area contributed by atoms with Crippen molar-refractivity contribution in [3.63, 3.8) is 0 Å². The highest BCUT2D eigenvalue weighted by atomic mass is 16.5. The van der Waals surface area contributed by atoms with E-state index in [1.54, 1.807) is 56.6 Å². The lowest BCUT2D eigenvalue weighted by Gasteiger charge is -2.31.